The Bertz CT molecular complexity index is 870. The van der Waals surface area contributed by atoms with Crippen LogP contribution < -0.4 is 0 Å². The molecule has 0 bridgehead atoms. The molecule has 2 aliphatic heterocycles. The summed E-state index contributed by atoms with van der Waals surface area (Å²) in [5.74, 6) is 0.250. The molecule has 2 aromatic rings. The van der Waals surface area contributed by atoms with Gasteiger partial charge in [0, 0.05) is 24.1 Å². The zero-order valence-electron chi connectivity index (χ0n) is 16.6. The number of carbonyl (C=O) groups is 2. The fourth-order valence-electron chi connectivity index (χ4n) is 4.61. The van der Waals surface area contributed by atoms with Crippen LogP contribution in [-0.2, 0) is 16.0 Å². The number of carbonyl (C=O) groups excluding carboxylic acids is 2. The lowest BCUT2D eigenvalue weighted by molar-refractivity contribution is -0.141. The molecule has 2 atom stereocenters. The first-order valence-corrected chi connectivity index (χ1v) is 11.3. The Morgan fingerprint density at radius 1 is 0.966 bits per heavy atom. The highest BCUT2D eigenvalue weighted by molar-refractivity contribution is 9.10. The average molecular weight is 455 g/mol. The predicted octanol–water partition coefficient (Wildman–Crippen LogP) is 4.59. The monoisotopic (exact) mass is 454 g/mol. The molecule has 2 fully saturated rings. The van der Waals surface area contributed by atoms with Crippen LogP contribution in [0.3, 0.4) is 0 Å². The molecule has 4 rings (SSSR count). The second-order valence-electron chi connectivity index (χ2n) is 8.09. The van der Waals surface area contributed by atoms with E-state index in [0.717, 1.165) is 48.8 Å². The van der Waals surface area contributed by atoms with Gasteiger partial charge in [0.15, 0.2) is 0 Å². The first-order valence-electron chi connectivity index (χ1n) is 10.5. The summed E-state index contributed by atoms with van der Waals surface area (Å²) in [4.78, 5) is 30.1. The van der Waals surface area contributed by atoms with Crippen LogP contribution in [0.4, 0.5) is 0 Å². The maximum atomic E-state index is 13.4. The largest absolute Gasteiger partial charge is 0.342 e. The lowest BCUT2D eigenvalue weighted by Gasteiger charge is -2.36. The minimum atomic E-state index is -0.0868. The molecule has 152 valence electrons. The van der Waals surface area contributed by atoms with Crippen LogP contribution in [0.15, 0.2) is 59.1 Å². The minimum Gasteiger partial charge on any atom is -0.342 e. The molecule has 2 heterocycles. The van der Waals surface area contributed by atoms with Gasteiger partial charge in [-0.1, -0.05) is 58.4 Å². The number of rotatable bonds is 4. The van der Waals surface area contributed by atoms with Gasteiger partial charge < -0.3 is 9.80 Å². The van der Waals surface area contributed by atoms with Crippen LogP contribution in [0.1, 0.15) is 42.9 Å². The Labute approximate surface area is 181 Å². The highest BCUT2D eigenvalue weighted by Crippen LogP contribution is 2.35. The standard InChI is InChI=1S/C24H27BrN2O2/c25-21-11-4-9-19(16-21)22-12-6-14-27(22)24(29)20-10-5-13-26(17-20)23(28)15-18-7-2-1-3-8-18/h1-4,7-9,11,16,20,22H,5-6,10,12-15,17H2. The number of hydrogen-bond acceptors (Lipinski definition) is 2. The second kappa shape index (κ2) is 9.12. The summed E-state index contributed by atoms with van der Waals surface area (Å²) in [5, 5.41) is 0. The number of halogens is 1. The molecule has 0 radical (unpaired) electrons. The quantitative estimate of drug-likeness (QED) is 0.677. The zero-order valence-corrected chi connectivity index (χ0v) is 18.2. The molecule has 2 aromatic carbocycles. The fraction of sp³-hybridized carbons (Fsp3) is 0.417. The van der Waals surface area contributed by atoms with E-state index in [9.17, 15) is 9.59 Å². The molecule has 2 amide bonds. The fourth-order valence-corrected chi connectivity index (χ4v) is 5.03. The molecule has 2 unspecified atom stereocenters. The van der Waals surface area contributed by atoms with Crippen molar-refractivity contribution < 1.29 is 9.59 Å². The predicted molar refractivity (Wildman–Crippen MR) is 117 cm³/mol. The summed E-state index contributed by atoms with van der Waals surface area (Å²) in [6, 6.07) is 18.3. The van der Waals surface area contributed by atoms with Gasteiger partial charge >= 0.3 is 0 Å². The average Bonchev–Trinajstić information content (AvgIpc) is 3.24. The van der Waals surface area contributed by atoms with Crippen molar-refractivity contribution in [2.75, 3.05) is 19.6 Å². The van der Waals surface area contributed by atoms with Gasteiger partial charge in [-0.25, -0.2) is 0 Å². The number of benzene rings is 2. The highest BCUT2D eigenvalue weighted by atomic mass is 79.9. The lowest BCUT2D eigenvalue weighted by atomic mass is 9.95. The first-order chi connectivity index (χ1) is 14.1. The molecule has 0 N–H and O–H groups in total. The smallest absolute Gasteiger partial charge is 0.227 e. The summed E-state index contributed by atoms with van der Waals surface area (Å²) in [7, 11) is 0. The van der Waals surface area contributed by atoms with E-state index in [1.165, 1.54) is 5.56 Å². The van der Waals surface area contributed by atoms with Crippen LogP contribution in [0.2, 0.25) is 0 Å². The van der Waals surface area contributed by atoms with Crippen LogP contribution in [0.25, 0.3) is 0 Å². The number of nitrogens with zero attached hydrogens (tertiary/aromatic N) is 2. The Morgan fingerprint density at radius 3 is 2.55 bits per heavy atom. The Balaban J connectivity index is 1.42. The van der Waals surface area contributed by atoms with Crippen molar-refractivity contribution in [2.45, 2.75) is 38.1 Å². The van der Waals surface area contributed by atoms with Crippen molar-refractivity contribution in [3.63, 3.8) is 0 Å². The summed E-state index contributed by atoms with van der Waals surface area (Å²) in [6.45, 7) is 2.11. The van der Waals surface area contributed by atoms with Gasteiger partial charge in [0.05, 0.1) is 18.4 Å². The van der Waals surface area contributed by atoms with Crippen molar-refractivity contribution in [3.8, 4) is 0 Å². The van der Waals surface area contributed by atoms with Crippen LogP contribution in [0.5, 0.6) is 0 Å². The van der Waals surface area contributed by atoms with Crippen LogP contribution in [-0.4, -0.2) is 41.2 Å². The van der Waals surface area contributed by atoms with E-state index in [2.05, 4.69) is 33.0 Å². The van der Waals surface area contributed by atoms with E-state index >= 15 is 0 Å². The molecule has 0 aromatic heterocycles. The van der Waals surface area contributed by atoms with E-state index < -0.39 is 0 Å². The van der Waals surface area contributed by atoms with E-state index in [0.29, 0.717) is 13.0 Å². The Morgan fingerprint density at radius 2 is 1.76 bits per heavy atom. The molecule has 2 aliphatic rings. The van der Waals surface area contributed by atoms with Crippen molar-refractivity contribution in [3.05, 3.63) is 70.2 Å². The SMILES string of the molecule is O=C(Cc1ccccc1)N1CCCC(C(=O)N2CCCC2c2cccc(Br)c2)C1. The number of hydrogen-bond donors (Lipinski definition) is 0. The lowest BCUT2D eigenvalue weighted by Crippen LogP contribution is -2.47. The van der Waals surface area contributed by atoms with E-state index in [1.54, 1.807) is 0 Å². The van der Waals surface area contributed by atoms with Gasteiger partial charge in [-0.05, 0) is 48.9 Å². The minimum absolute atomic E-state index is 0.0868. The van der Waals surface area contributed by atoms with E-state index in [1.807, 2.05) is 47.4 Å². The molecule has 5 heteroatoms. The molecule has 0 aliphatic carbocycles. The summed E-state index contributed by atoms with van der Waals surface area (Å²) in [5.41, 5.74) is 2.22. The zero-order chi connectivity index (χ0) is 20.2. The normalized spacial score (nSPS) is 22.0. The molecule has 0 saturated carbocycles. The topological polar surface area (TPSA) is 40.6 Å². The van der Waals surface area contributed by atoms with Crippen molar-refractivity contribution in [2.24, 2.45) is 5.92 Å². The maximum Gasteiger partial charge on any atom is 0.227 e. The molecule has 29 heavy (non-hydrogen) atoms. The van der Waals surface area contributed by atoms with Gasteiger partial charge in [0.1, 0.15) is 0 Å². The van der Waals surface area contributed by atoms with Crippen molar-refractivity contribution in [1.29, 1.82) is 0 Å². The molecular formula is C24H27BrN2O2. The molecule has 2 saturated heterocycles. The van der Waals surface area contributed by atoms with Gasteiger partial charge in [0.25, 0.3) is 0 Å². The van der Waals surface area contributed by atoms with Crippen LogP contribution >= 0.6 is 15.9 Å². The third kappa shape index (κ3) is 4.72. The molecule has 0 spiro atoms. The summed E-state index contributed by atoms with van der Waals surface area (Å²) in [6.07, 6.45) is 4.21. The van der Waals surface area contributed by atoms with Gasteiger partial charge in [-0.2, -0.15) is 0 Å². The number of piperidine rings is 1. The van der Waals surface area contributed by atoms with Crippen molar-refractivity contribution in [1.82, 2.24) is 9.80 Å². The first kappa shape index (κ1) is 20.1. The third-order valence-electron chi connectivity index (χ3n) is 6.09. The summed E-state index contributed by atoms with van der Waals surface area (Å²) < 4.78 is 1.05. The maximum absolute atomic E-state index is 13.4. The second-order valence-corrected chi connectivity index (χ2v) is 9.00. The summed E-state index contributed by atoms with van der Waals surface area (Å²) >= 11 is 3.55. The molecular weight excluding hydrogens is 428 g/mol. The van der Waals surface area contributed by atoms with E-state index in [4.69, 9.17) is 0 Å². The Kier molecular flexibility index (Phi) is 6.34. The highest BCUT2D eigenvalue weighted by Gasteiger charge is 2.36. The van der Waals surface area contributed by atoms with Gasteiger partial charge in [-0.3, -0.25) is 9.59 Å². The van der Waals surface area contributed by atoms with E-state index in [-0.39, 0.29) is 23.8 Å². The Hall–Kier alpha value is -2.14. The van der Waals surface area contributed by atoms with Gasteiger partial charge in [-0.15, -0.1) is 0 Å². The number of likely N-dealkylation sites (tertiary alicyclic amines) is 2. The third-order valence-corrected chi connectivity index (χ3v) is 6.58. The van der Waals surface area contributed by atoms with Gasteiger partial charge in [0.2, 0.25) is 11.8 Å². The molecule has 4 nitrogen and oxygen atoms in total. The van der Waals surface area contributed by atoms with Crippen LogP contribution in [0, 0.1) is 5.92 Å². The van der Waals surface area contributed by atoms with Crippen molar-refractivity contribution >= 4 is 27.7 Å². The number of amides is 2.